The summed E-state index contributed by atoms with van der Waals surface area (Å²) in [4.78, 5) is 25.7. The number of amidine groups is 1. The molecule has 0 atom stereocenters. The summed E-state index contributed by atoms with van der Waals surface area (Å²) in [6.07, 6.45) is 0. The zero-order valence-corrected chi connectivity index (χ0v) is 19.8. The Kier molecular flexibility index (Phi) is 9.44. The van der Waals surface area contributed by atoms with Gasteiger partial charge < -0.3 is 21.1 Å². The van der Waals surface area contributed by atoms with Gasteiger partial charge in [0.05, 0.1) is 18.8 Å². The van der Waals surface area contributed by atoms with Crippen molar-refractivity contribution >= 4 is 29.2 Å². The highest BCUT2D eigenvalue weighted by Gasteiger charge is 2.24. The Labute approximate surface area is 199 Å². The van der Waals surface area contributed by atoms with Gasteiger partial charge in [0.25, 0.3) is 0 Å². The number of hydrogen-bond donors (Lipinski definition) is 4. The number of amides is 2. The molecule has 0 bridgehead atoms. The van der Waals surface area contributed by atoms with E-state index in [0.717, 1.165) is 10.6 Å². The Hall–Kier alpha value is -4.06. The summed E-state index contributed by atoms with van der Waals surface area (Å²) in [6, 6.07) is 8.99. The Morgan fingerprint density at radius 3 is 2.50 bits per heavy atom. The summed E-state index contributed by atoms with van der Waals surface area (Å²) in [6.45, 7) is 7.00. The standard InChI is InChI=1S/C25H30FN5O3/c1-5-34-23(32)15-31(25(33)30-16(2)3)22-13-17(4)19(14-21(22)26)7-6-12-29-20-10-8-18(9-11-20)24(27)28/h8-11,13-14,16,29H,5,12,15H2,1-4H3,(H3,27,28)(H,30,33). The van der Waals surface area contributed by atoms with Gasteiger partial charge in [-0.3, -0.25) is 15.1 Å². The number of nitrogens with one attached hydrogen (secondary N) is 3. The first kappa shape index (κ1) is 26.2. The molecule has 0 aliphatic carbocycles. The number of hydrogen-bond acceptors (Lipinski definition) is 5. The Bertz CT molecular complexity index is 1100. The molecule has 180 valence electrons. The second-order valence-electron chi connectivity index (χ2n) is 7.76. The van der Waals surface area contributed by atoms with Crippen LogP contribution in [0.25, 0.3) is 0 Å². The smallest absolute Gasteiger partial charge is 0.326 e. The number of carbonyl (C=O) groups is 2. The number of anilines is 2. The van der Waals surface area contributed by atoms with Gasteiger partial charge in [0.2, 0.25) is 0 Å². The zero-order valence-electron chi connectivity index (χ0n) is 19.8. The lowest BCUT2D eigenvalue weighted by Gasteiger charge is -2.24. The largest absolute Gasteiger partial charge is 0.465 e. The summed E-state index contributed by atoms with van der Waals surface area (Å²) in [5.41, 5.74) is 7.97. The van der Waals surface area contributed by atoms with E-state index in [4.69, 9.17) is 15.9 Å². The topological polar surface area (TPSA) is 121 Å². The van der Waals surface area contributed by atoms with Crippen molar-refractivity contribution in [3.8, 4) is 11.8 Å². The van der Waals surface area contributed by atoms with Crippen LogP contribution in [0.4, 0.5) is 20.6 Å². The molecule has 0 radical (unpaired) electrons. The maximum atomic E-state index is 15.0. The third kappa shape index (κ3) is 7.52. The molecule has 9 heteroatoms. The summed E-state index contributed by atoms with van der Waals surface area (Å²) in [7, 11) is 0. The zero-order chi connectivity index (χ0) is 25.3. The Morgan fingerprint density at radius 1 is 1.24 bits per heavy atom. The Morgan fingerprint density at radius 2 is 1.91 bits per heavy atom. The van der Waals surface area contributed by atoms with Gasteiger partial charge in [-0.15, -0.1) is 0 Å². The maximum absolute atomic E-state index is 15.0. The number of nitrogens with zero attached hydrogens (tertiary/aromatic N) is 1. The molecule has 2 aromatic carbocycles. The van der Waals surface area contributed by atoms with Gasteiger partial charge in [-0.25, -0.2) is 9.18 Å². The molecule has 0 heterocycles. The average molecular weight is 468 g/mol. The van der Waals surface area contributed by atoms with Crippen LogP contribution >= 0.6 is 0 Å². The van der Waals surface area contributed by atoms with E-state index < -0.39 is 24.4 Å². The Balaban J connectivity index is 2.18. The highest BCUT2D eigenvalue weighted by atomic mass is 19.1. The van der Waals surface area contributed by atoms with Crippen molar-refractivity contribution in [3.05, 3.63) is 58.9 Å². The summed E-state index contributed by atoms with van der Waals surface area (Å²) >= 11 is 0. The molecular weight excluding hydrogens is 437 g/mol. The number of benzene rings is 2. The molecule has 0 spiro atoms. The van der Waals surface area contributed by atoms with Gasteiger partial charge in [0, 0.05) is 22.9 Å². The second-order valence-corrected chi connectivity index (χ2v) is 7.76. The van der Waals surface area contributed by atoms with Gasteiger partial charge in [0.1, 0.15) is 18.2 Å². The molecule has 2 amide bonds. The number of esters is 1. The van der Waals surface area contributed by atoms with E-state index in [9.17, 15) is 9.59 Å². The van der Waals surface area contributed by atoms with Crippen LogP contribution in [-0.4, -0.2) is 43.6 Å². The van der Waals surface area contributed by atoms with Gasteiger partial charge >= 0.3 is 12.0 Å². The lowest BCUT2D eigenvalue weighted by Crippen LogP contribution is -2.46. The van der Waals surface area contributed by atoms with Gasteiger partial charge in [0.15, 0.2) is 0 Å². The molecule has 0 unspecified atom stereocenters. The molecular formula is C25H30FN5O3. The fraction of sp³-hybridized carbons (Fsp3) is 0.320. The summed E-state index contributed by atoms with van der Waals surface area (Å²) < 4.78 is 19.9. The first-order valence-corrected chi connectivity index (χ1v) is 10.8. The lowest BCUT2D eigenvalue weighted by atomic mass is 10.1. The number of carbonyl (C=O) groups excluding carboxylic acids is 2. The van der Waals surface area contributed by atoms with Crippen molar-refractivity contribution in [2.75, 3.05) is 29.9 Å². The van der Waals surface area contributed by atoms with Gasteiger partial charge in [-0.05, 0) is 69.7 Å². The molecule has 0 saturated carbocycles. The van der Waals surface area contributed by atoms with Crippen molar-refractivity contribution in [2.24, 2.45) is 5.73 Å². The van der Waals surface area contributed by atoms with Crippen LogP contribution in [0.2, 0.25) is 0 Å². The van der Waals surface area contributed by atoms with Crippen molar-refractivity contribution in [2.45, 2.75) is 33.7 Å². The van der Waals surface area contributed by atoms with Crippen LogP contribution in [0.15, 0.2) is 36.4 Å². The van der Waals surface area contributed by atoms with Crippen molar-refractivity contribution < 1.29 is 18.7 Å². The fourth-order valence-electron chi connectivity index (χ4n) is 2.99. The second kappa shape index (κ2) is 12.3. The normalized spacial score (nSPS) is 10.2. The number of nitrogens with two attached hydrogens (primary N) is 1. The van der Waals surface area contributed by atoms with E-state index >= 15 is 4.39 Å². The van der Waals surface area contributed by atoms with E-state index in [2.05, 4.69) is 22.5 Å². The molecule has 0 aromatic heterocycles. The van der Waals surface area contributed by atoms with Crippen molar-refractivity contribution in [1.82, 2.24) is 5.32 Å². The van der Waals surface area contributed by atoms with Crippen LogP contribution in [-0.2, 0) is 9.53 Å². The minimum atomic E-state index is -0.675. The molecule has 0 saturated heterocycles. The quantitative estimate of drug-likeness (QED) is 0.205. The highest BCUT2D eigenvalue weighted by Crippen LogP contribution is 2.24. The van der Waals surface area contributed by atoms with E-state index in [1.54, 1.807) is 52.0 Å². The average Bonchev–Trinajstić information content (AvgIpc) is 2.77. The van der Waals surface area contributed by atoms with Crippen molar-refractivity contribution in [1.29, 1.82) is 5.41 Å². The minimum absolute atomic E-state index is 0.00482. The summed E-state index contributed by atoms with van der Waals surface area (Å²) in [5, 5.41) is 13.2. The molecule has 5 N–H and O–H groups in total. The third-order valence-corrected chi connectivity index (χ3v) is 4.63. The SMILES string of the molecule is CCOC(=O)CN(C(=O)NC(C)C)c1cc(C)c(C#CCNc2ccc(C(=N)N)cc2)cc1F. The molecule has 8 nitrogen and oxygen atoms in total. The van der Waals surface area contributed by atoms with Crippen LogP contribution in [0.3, 0.4) is 0 Å². The first-order chi connectivity index (χ1) is 16.1. The highest BCUT2D eigenvalue weighted by molar-refractivity contribution is 5.97. The van der Waals surface area contributed by atoms with Crippen LogP contribution in [0.5, 0.6) is 0 Å². The number of ether oxygens (including phenoxy) is 1. The first-order valence-electron chi connectivity index (χ1n) is 10.8. The fourth-order valence-corrected chi connectivity index (χ4v) is 2.99. The van der Waals surface area contributed by atoms with E-state index in [1.807, 2.05) is 0 Å². The number of nitrogen functional groups attached to an aromatic ring is 1. The van der Waals surface area contributed by atoms with E-state index in [0.29, 0.717) is 23.2 Å². The lowest BCUT2D eigenvalue weighted by molar-refractivity contribution is -0.141. The van der Waals surface area contributed by atoms with E-state index in [1.165, 1.54) is 12.1 Å². The minimum Gasteiger partial charge on any atom is -0.465 e. The predicted molar refractivity (Wildman–Crippen MR) is 132 cm³/mol. The van der Waals surface area contributed by atoms with Crippen LogP contribution < -0.4 is 21.3 Å². The van der Waals surface area contributed by atoms with Crippen molar-refractivity contribution in [3.63, 3.8) is 0 Å². The third-order valence-electron chi connectivity index (χ3n) is 4.63. The number of halogens is 1. The number of rotatable bonds is 8. The molecule has 2 aromatic rings. The van der Waals surface area contributed by atoms with Gasteiger partial charge in [-0.1, -0.05) is 11.8 Å². The molecule has 0 aliphatic heterocycles. The molecule has 2 rings (SSSR count). The molecule has 34 heavy (non-hydrogen) atoms. The number of aryl methyl sites for hydroxylation is 1. The van der Waals surface area contributed by atoms with Gasteiger partial charge in [-0.2, -0.15) is 0 Å². The van der Waals surface area contributed by atoms with Crippen LogP contribution in [0, 0.1) is 30.0 Å². The van der Waals surface area contributed by atoms with Crippen LogP contribution in [0.1, 0.15) is 37.5 Å². The summed E-state index contributed by atoms with van der Waals surface area (Å²) in [5.74, 6) is 4.55. The molecule has 0 aliphatic rings. The predicted octanol–water partition coefficient (Wildman–Crippen LogP) is 3.37. The molecule has 0 fully saturated rings. The van der Waals surface area contributed by atoms with E-state index in [-0.39, 0.29) is 24.2 Å². The maximum Gasteiger partial charge on any atom is 0.326 e. The monoisotopic (exact) mass is 467 g/mol. The number of urea groups is 1.